The Kier molecular flexibility index (Phi) is 2.94. The Morgan fingerprint density at radius 3 is 3.10 bits per heavy atom. The summed E-state index contributed by atoms with van der Waals surface area (Å²) in [6.07, 6.45) is 5.23. The van der Waals surface area contributed by atoms with Crippen molar-refractivity contribution in [3.63, 3.8) is 0 Å². The van der Waals surface area contributed by atoms with Crippen LogP contribution in [0.2, 0.25) is 0 Å². The van der Waals surface area contributed by atoms with E-state index in [0.717, 1.165) is 25.1 Å². The molecule has 0 spiro atoms. The summed E-state index contributed by atoms with van der Waals surface area (Å²) in [5.41, 5.74) is 2.60. The fourth-order valence-corrected chi connectivity index (χ4v) is 1.36. The minimum atomic E-state index is 0.724. The van der Waals surface area contributed by atoms with Crippen molar-refractivity contribution in [3.8, 4) is 0 Å². The second-order valence-electron chi connectivity index (χ2n) is 2.48. The minimum Gasteiger partial charge on any atom is -0.266 e. The van der Waals surface area contributed by atoms with Crippen molar-refractivity contribution < 1.29 is 0 Å². The highest BCUT2D eigenvalue weighted by Gasteiger charge is 2.03. The number of hydrogen-bond acceptors (Lipinski definition) is 1. The van der Waals surface area contributed by atoms with Gasteiger partial charge in [-0.15, -0.1) is 11.6 Å². The molecule has 1 nitrogen and oxygen atoms in total. The van der Waals surface area contributed by atoms with E-state index in [0.29, 0.717) is 0 Å². The van der Waals surface area contributed by atoms with Crippen LogP contribution in [0.25, 0.3) is 0 Å². The van der Waals surface area contributed by atoms with Gasteiger partial charge in [-0.25, -0.2) is 0 Å². The molecule has 0 unspecified atom stereocenters. The standard InChI is InChI=1S/C8H12ClN/c1-7-8(4-5-9)3-2-6-10-7/h6H,2-5H2,1H3. The first-order chi connectivity index (χ1) is 4.84. The summed E-state index contributed by atoms with van der Waals surface area (Å²) in [5, 5.41) is 0. The molecule has 0 bridgehead atoms. The van der Waals surface area contributed by atoms with Gasteiger partial charge >= 0.3 is 0 Å². The molecule has 0 radical (unpaired) electrons. The SMILES string of the molecule is CC1=C(CCCl)CCC=N1. The maximum Gasteiger partial charge on any atom is 0.0361 e. The van der Waals surface area contributed by atoms with E-state index in [1.807, 2.05) is 6.21 Å². The highest BCUT2D eigenvalue weighted by atomic mass is 35.5. The Labute approximate surface area is 66.8 Å². The van der Waals surface area contributed by atoms with Crippen molar-refractivity contribution in [2.75, 3.05) is 5.88 Å². The lowest BCUT2D eigenvalue weighted by Gasteiger charge is -2.09. The summed E-state index contributed by atoms with van der Waals surface area (Å²) in [4.78, 5) is 4.23. The molecule has 1 heterocycles. The zero-order valence-electron chi connectivity index (χ0n) is 6.23. The number of alkyl halides is 1. The molecule has 0 aromatic rings. The van der Waals surface area contributed by atoms with E-state index >= 15 is 0 Å². The van der Waals surface area contributed by atoms with E-state index in [2.05, 4.69) is 11.9 Å². The van der Waals surface area contributed by atoms with Crippen molar-refractivity contribution in [1.29, 1.82) is 0 Å². The van der Waals surface area contributed by atoms with Gasteiger partial charge in [0.15, 0.2) is 0 Å². The van der Waals surface area contributed by atoms with Gasteiger partial charge in [0.25, 0.3) is 0 Å². The number of allylic oxidation sites excluding steroid dienone is 2. The maximum atomic E-state index is 5.61. The number of nitrogens with zero attached hydrogens (tertiary/aromatic N) is 1. The third kappa shape index (κ3) is 1.84. The summed E-state index contributed by atoms with van der Waals surface area (Å²) in [6.45, 7) is 2.05. The fourth-order valence-electron chi connectivity index (χ4n) is 1.13. The minimum absolute atomic E-state index is 0.724. The van der Waals surface area contributed by atoms with Crippen LogP contribution in [0.5, 0.6) is 0 Å². The molecule has 1 aliphatic heterocycles. The third-order valence-corrected chi connectivity index (χ3v) is 1.96. The molecule has 0 saturated carbocycles. The largest absolute Gasteiger partial charge is 0.266 e. The van der Waals surface area contributed by atoms with Crippen molar-refractivity contribution in [2.24, 2.45) is 4.99 Å². The van der Waals surface area contributed by atoms with Gasteiger partial charge in [-0.3, -0.25) is 4.99 Å². The molecule has 0 atom stereocenters. The molecule has 10 heavy (non-hydrogen) atoms. The van der Waals surface area contributed by atoms with Crippen LogP contribution in [0, 0.1) is 0 Å². The van der Waals surface area contributed by atoms with Gasteiger partial charge in [-0.05, 0) is 31.8 Å². The van der Waals surface area contributed by atoms with Gasteiger partial charge in [-0.2, -0.15) is 0 Å². The summed E-state index contributed by atoms with van der Waals surface area (Å²) < 4.78 is 0. The lowest BCUT2D eigenvalue weighted by atomic mass is 10.0. The van der Waals surface area contributed by atoms with E-state index in [-0.39, 0.29) is 0 Å². The average Bonchev–Trinajstić information content (AvgIpc) is 1.94. The number of aliphatic imine (C=N–C) groups is 1. The van der Waals surface area contributed by atoms with Gasteiger partial charge in [-0.1, -0.05) is 0 Å². The molecule has 0 fully saturated rings. The van der Waals surface area contributed by atoms with E-state index < -0.39 is 0 Å². The van der Waals surface area contributed by atoms with Crippen LogP contribution in [-0.4, -0.2) is 12.1 Å². The van der Waals surface area contributed by atoms with Crippen LogP contribution < -0.4 is 0 Å². The van der Waals surface area contributed by atoms with Crippen LogP contribution in [-0.2, 0) is 0 Å². The van der Waals surface area contributed by atoms with Gasteiger partial charge < -0.3 is 0 Å². The summed E-state index contributed by atoms with van der Waals surface area (Å²) in [7, 11) is 0. The molecule has 0 aromatic carbocycles. The topological polar surface area (TPSA) is 12.4 Å². The molecule has 0 aromatic heterocycles. The Balaban J connectivity index is 2.60. The Bertz CT molecular complexity index is 170. The Hall–Kier alpha value is -0.300. The van der Waals surface area contributed by atoms with Crippen LogP contribution >= 0.6 is 11.6 Å². The highest BCUT2D eigenvalue weighted by molar-refractivity contribution is 6.18. The van der Waals surface area contributed by atoms with Gasteiger partial charge in [0.1, 0.15) is 0 Å². The van der Waals surface area contributed by atoms with Crippen LogP contribution in [0.4, 0.5) is 0 Å². The quantitative estimate of drug-likeness (QED) is 0.547. The van der Waals surface area contributed by atoms with Crippen molar-refractivity contribution in [1.82, 2.24) is 0 Å². The molecular weight excluding hydrogens is 146 g/mol. The summed E-state index contributed by atoms with van der Waals surface area (Å²) >= 11 is 5.61. The monoisotopic (exact) mass is 157 g/mol. The molecule has 0 amide bonds. The predicted octanol–water partition coefficient (Wildman–Crippen LogP) is 2.75. The van der Waals surface area contributed by atoms with E-state index in [1.165, 1.54) is 11.3 Å². The lowest BCUT2D eigenvalue weighted by Crippen LogP contribution is -1.95. The second-order valence-corrected chi connectivity index (χ2v) is 2.86. The molecule has 1 aliphatic rings. The molecule has 1 rings (SSSR count). The molecule has 0 saturated heterocycles. The van der Waals surface area contributed by atoms with Gasteiger partial charge in [0, 0.05) is 17.8 Å². The zero-order valence-corrected chi connectivity index (χ0v) is 6.99. The van der Waals surface area contributed by atoms with Crippen molar-refractivity contribution in [3.05, 3.63) is 11.3 Å². The van der Waals surface area contributed by atoms with E-state index in [1.54, 1.807) is 0 Å². The van der Waals surface area contributed by atoms with Gasteiger partial charge in [0.05, 0.1) is 0 Å². The average molecular weight is 158 g/mol. The summed E-state index contributed by atoms with van der Waals surface area (Å²) in [6, 6.07) is 0. The Morgan fingerprint density at radius 1 is 1.70 bits per heavy atom. The van der Waals surface area contributed by atoms with Crippen molar-refractivity contribution >= 4 is 17.8 Å². The first kappa shape index (κ1) is 7.80. The second kappa shape index (κ2) is 3.77. The summed E-state index contributed by atoms with van der Waals surface area (Å²) in [5.74, 6) is 0.724. The van der Waals surface area contributed by atoms with Crippen molar-refractivity contribution in [2.45, 2.75) is 26.2 Å². The maximum absolute atomic E-state index is 5.61. The smallest absolute Gasteiger partial charge is 0.0361 e. The van der Waals surface area contributed by atoms with Crippen LogP contribution in [0.3, 0.4) is 0 Å². The van der Waals surface area contributed by atoms with Gasteiger partial charge in [0.2, 0.25) is 0 Å². The van der Waals surface area contributed by atoms with E-state index in [4.69, 9.17) is 11.6 Å². The Morgan fingerprint density at radius 2 is 2.50 bits per heavy atom. The number of hydrogen-bond donors (Lipinski definition) is 0. The van der Waals surface area contributed by atoms with Crippen LogP contribution in [0.15, 0.2) is 16.3 Å². The molecule has 0 N–H and O–H groups in total. The number of rotatable bonds is 2. The first-order valence-corrected chi connectivity index (χ1v) is 4.15. The van der Waals surface area contributed by atoms with E-state index in [9.17, 15) is 0 Å². The zero-order chi connectivity index (χ0) is 7.40. The van der Waals surface area contributed by atoms with Crippen LogP contribution in [0.1, 0.15) is 26.2 Å². The third-order valence-electron chi connectivity index (χ3n) is 1.77. The molecular formula is C8H12ClN. The molecule has 2 heteroatoms. The molecule has 0 aliphatic carbocycles. The predicted molar refractivity (Wildman–Crippen MR) is 45.8 cm³/mol. The molecule has 56 valence electrons. The first-order valence-electron chi connectivity index (χ1n) is 3.61. The normalized spacial score (nSPS) is 18.2. The lowest BCUT2D eigenvalue weighted by molar-refractivity contribution is 0.886. The highest BCUT2D eigenvalue weighted by Crippen LogP contribution is 2.19. The fraction of sp³-hybridized carbons (Fsp3) is 0.625. The number of halogens is 1.